The van der Waals surface area contributed by atoms with Crippen LogP contribution in [0.15, 0.2) is 18.0 Å². The van der Waals surface area contributed by atoms with Crippen molar-refractivity contribution in [1.29, 1.82) is 0 Å². The lowest BCUT2D eigenvalue weighted by molar-refractivity contribution is 0.252. The van der Waals surface area contributed by atoms with Crippen molar-refractivity contribution < 1.29 is 4.79 Å². The molecule has 2 aromatic heterocycles. The molecule has 0 saturated heterocycles. The van der Waals surface area contributed by atoms with E-state index in [2.05, 4.69) is 39.4 Å². The molecule has 2 aromatic rings. The number of nitrogens with one attached hydrogen (secondary N) is 3. The Hall–Kier alpha value is -1.86. The molecule has 0 fully saturated rings. The Morgan fingerprint density at radius 2 is 1.89 bits per heavy atom. The number of hydrogen-bond acceptors (Lipinski definition) is 5. The predicted molar refractivity (Wildman–Crippen MR) is 123 cm³/mol. The molecule has 0 radical (unpaired) electrons. The molecule has 0 unspecified atom stereocenters. The van der Waals surface area contributed by atoms with Gasteiger partial charge in [0.15, 0.2) is 5.82 Å². The Morgan fingerprint density at radius 3 is 2.61 bits per heavy atom. The molecule has 2 amide bonds. The third-order valence-corrected chi connectivity index (χ3v) is 5.39. The Kier molecular flexibility index (Phi) is 11.5. The third-order valence-electron chi connectivity index (χ3n) is 4.29. The third kappa shape index (κ3) is 7.64. The Balaban J connectivity index is 0.00000392. The predicted octanol–water partition coefficient (Wildman–Crippen LogP) is 5.89. The van der Waals surface area contributed by atoms with Crippen LogP contribution >= 0.6 is 23.7 Å². The van der Waals surface area contributed by atoms with Crippen LogP contribution in [0.1, 0.15) is 57.4 Å². The molecule has 0 aromatic carbocycles. The summed E-state index contributed by atoms with van der Waals surface area (Å²) in [6.07, 6.45) is 10.3. The number of aromatic nitrogens is 2. The maximum Gasteiger partial charge on any atom is 0.320 e. The number of carbonyl (C=O) groups is 1. The molecule has 0 spiro atoms. The number of aryl methyl sites for hydroxylation is 1. The van der Waals surface area contributed by atoms with E-state index in [1.807, 2.05) is 12.3 Å². The highest BCUT2D eigenvalue weighted by atomic mass is 35.5. The van der Waals surface area contributed by atoms with Crippen LogP contribution in [0.25, 0.3) is 10.2 Å². The minimum absolute atomic E-state index is 0. The zero-order valence-corrected chi connectivity index (χ0v) is 18.5. The van der Waals surface area contributed by atoms with E-state index in [1.165, 1.54) is 32.1 Å². The standard InChI is InChI=1S/C20H31N5OS.ClH/c1-4-6-7-8-9-10-11-13-22-20(26)25-18-17-16(15(3)14-27-17)23-19(24-18)21-12-5-2;/h5,14H,2,4,6-13H2,1,3H3,(H3,21,22,23,24,25,26);1H. The van der Waals surface area contributed by atoms with Crippen molar-refractivity contribution in [3.8, 4) is 0 Å². The Bertz CT molecular complexity index is 750. The summed E-state index contributed by atoms with van der Waals surface area (Å²) in [6.45, 7) is 9.17. The summed E-state index contributed by atoms with van der Waals surface area (Å²) in [5.41, 5.74) is 1.94. The van der Waals surface area contributed by atoms with Crippen LogP contribution in [0.4, 0.5) is 16.6 Å². The maximum atomic E-state index is 12.2. The van der Waals surface area contributed by atoms with Crippen molar-refractivity contribution in [2.24, 2.45) is 0 Å². The number of hydrogen-bond donors (Lipinski definition) is 3. The van der Waals surface area contributed by atoms with Crippen molar-refractivity contribution in [3.63, 3.8) is 0 Å². The zero-order chi connectivity index (χ0) is 19.5. The summed E-state index contributed by atoms with van der Waals surface area (Å²) in [4.78, 5) is 21.2. The van der Waals surface area contributed by atoms with E-state index in [-0.39, 0.29) is 18.4 Å². The molecule has 0 aliphatic heterocycles. The van der Waals surface area contributed by atoms with Gasteiger partial charge in [-0.3, -0.25) is 5.32 Å². The molecule has 28 heavy (non-hydrogen) atoms. The van der Waals surface area contributed by atoms with Gasteiger partial charge in [0.1, 0.15) is 0 Å². The molecule has 156 valence electrons. The number of anilines is 2. The van der Waals surface area contributed by atoms with Crippen LogP contribution in [0, 0.1) is 6.92 Å². The Morgan fingerprint density at radius 1 is 1.18 bits per heavy atom. The van der Waals surface area contributed by atoms with Crippen LogP contribution in [-0.4, -0.2) is 29.1 Å². The maximum absolute atomic E-state index is 12.2. The van der Waals surface area contributed by atoms with Crippen molar-refractivity contribution in [2.75, 3.05) is 23.7 Å². The van der Waals surface area contributed by atoms with Crippen molar-refractivity contribution in [3.05, 3.63) is 23.6 Å². The fraction of sp³-hybridized carbons (Fsp3) is 0.550. The van der Waals surface area contributed by atoms with Gasteiger partial charge >= 0.3 is 6.03 Å². The first-order valence-corrected chi connectivity index (χ1v) is 10.7. The molecular weight excluding hydrogens is 394 g/mol. The molecule has 0 atom stereocenters. The van der Waals surface area contributed by atoms with Crippen molar-refractivity contribution in [1.82, 2.24) is 15.3 Å². The number of unbranched alkanes of at least 4 members (excludes halogenated alkanes) is 6. The van der Waals surface area contributed by atoms with Gasteiger partial charge in [-0.25, -0.2) is 9.78 Å². The highest BCUT2D eigenvalue weighted by Gasteiger charge is 2.13. The minimum atomic E-state index is -0.221. The van der Waals surface area contributed by atoms with E-state index >= 15 is 0 Å². The van der Waals surface area contributed by atoms with E-state index in [4.69, 9.17) is 0 Å². The second-order valence-electron chi connectivity index (χ2n) is 6.66. The van der Waals surface area contributed by atoms with Crippen LogP contribution < -0.4 is 16.0 Å². The summed E-state index contributed by atoms with van der Waals surface area (Å²) in [7, 11) is 0. The number of carbonyl (C=O) groups excluding carboxylic acids is 1. The van der Waals surface area contributed by atoms with Crippen LogP contribution in [0.5, 0.6) is 0 Å². The monoisotopic (exact) mass is 425 g/mol. The van der Waals surface area contributed by atoms with Gasteiger partial charge < -0.3 is 10.6 Å². The van der Waals surface area contributed by atoms with E-state index in [1.54, 1.807) is 17.4 Å². The second-order valence-corrected chi connectivity index (χ2v) is 7.54. The highest BCUT2D eigenvalue weighted by molar-refractivity contribution is 7.18. The smallest absolute Gasteiger partial charge is 0.320 e. The molecule has 0 saturated carbocycles. The summed E-state index contributed by atoms with van der Waals surface area (Å²) in [5, 5.41) is 10.9. The molecule has 0 aliphatic rings. The summed E-state index contributed by atoms with van der Waals surface area (Å²) in [6, 6.07) is -0.221. The fourth-order valence-electron chi connectivity index (χ4n) is 2.80. The first-order valence-electron chi connectivity index (χ1n) is 9.81. The number of amides is 2. The highest BCUT2D eigenvalue weighted by Crippen LogP contribution is 2.30. The fourth-order valence-corrected chi connectivity index (χ4v) is 3.73. The summed E-state index contributed by atoms with van der Waals surface area (Å²) >= 11 is 1.54. The molecule has 3 N–H and O–H groups in total. The number of thiophene rings is 1. The van der Waals surface area contributed by atoms with Gasteiger partial charge in [-0.2, -0.15) is 4.98 Å². The van der Waals surface area contributed by atoms with E-state index < -0.39 is 0 Å². The minimum Gasteiger partial charge on any atom is -0.351 e. The molecule has 0 aliphatic carbocycles. The number of nitrogens with zero attached hydrogens (tertiary/aromatic N) is 2. The van der Waals surface area contributed by atoms with Gasteiger partial charge in [-0.1, -0.05) is 51.5 Å². The molecule has 0 bridgehead atoms. The number of fused-ring (bicyclic) bond motifs is 1. The first kappa shape index (κ1) is 24.2. The van der Waals surface area contributed by atoms with Gasteiger partial charge in [-0.15, -0.1) is 30.3 Å². The largest absolute Gasteiger partial charge is 0.351 e. The zero-order valence-electron chi connectivity index (χ0n) is 16.8. The van der Waals surface area contributed by atoms with Gasteiger partial charge in [-0.05, 0) is 24.3 Å². The topological polar surface area (TPSA) is 78.9 Å². The molecule has 6 nitrogen and oxygen atoms in total. The quantitative estimate of drug-likeness (QED) is 0.292. The van der Waals surface area contributed by atoms with E-state index in [9.17, 15) is 4.79 Å². The molecule has 8 heteroatoms. The SMILES string of the molecule is C=CCNc1nc(NC(=O)NCCCCCCCCC)c2scc(C)c2n1.Cl. The lowest BCUT2D eigenvalue weighted by atomic mass is 10.1. The van der Waals surface area contributed by atoms with Gasteiger partial charge in [0, 0.05) is 13.1 Å². The lowest BCUT2D eigenvalue weighted by Gasteiger charge is -2.10. The van der Waals surface area contributed by atoms with Crippen LogP contribution in [-0.2, 0) is 0 Å². The lowest BCUT2D eigenvalue weighted by Crippen LogP contribution is -2.30. The molecule has 2 heterocycles. The summed E-state index contributed by atoms with van der Waals surface area (Å²) in [5.74, 6) is 1.04. The van der Waals surface area contributed by atoms with Crippen molar-refractivity contribution >= 4 is 51.8 Å². The molecule has 2 rings (SSSR count). The number of halogens is 1. The number of rotatable bonds is 12. The second kappa shape index (κ2) is 13.3. The van der Waals surface area contributed by atoms with E-state index in [0.717, 1.165) is 28.6 Å². The summed E-state index contributed by atoms with van der Waals surface area (Å²) < 4.78 is 0.891. The first-order chi connectivity index (χ1) is 13.2. The van der Waals surface area contributed by atoms with E-state index in [0.29, 0.717) is 24.9 Å². The average molecular weight is 426 g/mol. The van der Waals surface area contributed by atoms with Crippen molar-refractivity contribution in [2.45, 2.75) is 58.8 Å². The normalized spacial score (nSPS) is 10.4. The van der Waals surface area contributed by atoms with Gasteiger partial charge in [0.2, 0.25) is 5.95 Å². The average Bonchev–Trinajstić information content (AvgIpc) is 3.03. The van der Waals surface area contributed by atoms with Crippen LogP contribution in [0.3, 0.4) is 0 Å². The molecular formula is C20H32ClN5OS. The Labute approximate surface area is 178 Å². The van der Waals surface area contributed by atoms with Gasteiger partial charge in [0.25, 0.3) is 0 Å². The van der Waals surface area contributed by atoms with Gasteiger partial charge in [0.05, 0.1) is 10.2 Å². The van der Waals surface area contributed by atoms with Crippen LogP contribution in [0.2, 0.25) is 0 Å². The number of urea groups is 1.